The molecule has 0 spiro atoms. The minimum Gasteiger partial charge on any atom is -0.464 e. The monoisotopic (exact) mass is 269 g/mol. The Morgan fingerprint density at radius 2 is 1.63 bits per heavy atom. The van der Waals surface area contributed by atoms with Gasteiger partial charge in [0, 0.05) is 6.92 Å². The number of hydrogen-bond acceptors (Lipinski definition) is 5. The highest BCUT2D eigenvalue weighted by Gasteiger charge is 2.54. The maximum atomic E-state index is 12.1. The number of rotatable bonds is 6. The van der Waals surface area contributed by atoms with Crippen molar-refractivity contribution in [3.63, 3.8) is 0 Å². The number of amides is 1. The molecule has 0 aliphatic heterocycles. The van der Waals surface area contributed by atoms with Crippen molar-refractivity contribution >= 4 is 17.8 Å². The first kappa shape index (κ1) is 17.0. The Morgan fingerprint density at radius 3 is 1.89 bits per heavy atom. The SMILES string of the molecule is C#CC(C)C(NC(C)=O)(C(=O)OCC)C(=O)OCC. The van der Waals surface area contributed by atoms with Gasteiger partial charge in [0.1, 0.15) is 0 Å². The highest BCUT2D eigenvalue weighted by molar-refractivity contribution is 6.08. The predicted octanol–water partition coefficient (Wildman–Crippen LogP) is 0.257. The summed E-state index contributed by atoms with van der Waals surface area (Å²) >= 11 is 0. The summed E-state index contributed by atoms with van der Waals surface area (Å²) in [4.78, 5) is 35.5. The number of carbonyl (C=O) groups is 3. The fourth-order valence-corrected chi connectivity index (χ4v) is 1.54. The number of ether oxygens (including phenoxy) is 2. The molecule has 0 saturated carbocycles. The number of carbonyl (C=O) groups excluding carboxylic acids is 3. The molecule has 0 saturated heterocycles. The van der Waals surface area contributed by atoms with Gasteiger partial charge in [-0.05, 0) is 20.8 Å². The van der Waals surface area contributed by atoms with E-state index < -0.39 is 29.3 Å². The van der Waals surface area contributed by atoms with Gasteiger partial charge in [-0.25, -0.2) is 9.59 Å². The second-order valence-corrected chi connectivity index (χ2v) is 3.82. The molecule has 0 radical (unpaired) electrons. The highest BCUT2D eigenvalue weighted by Crippen LogP contribution is 2.21. The van der Waals surface area contributed by atoms with Crippen molar-refractivity contribution in [2.45, 2.75) is 33.2 Å². The van der Waals surface area contributed by atoms with E-state index in [0.717, 1.165) is 0 Å². The summed E-state index contributed by atoms with van der Waals surface area (Å²) in [5.41, 5.74) is -2.01. The van der Waals surface area contributed by atoms with E-state index in [1.165, 1.54) is 13.8 Å². The molecule has 1 atom stereocenters. The molecule has 0 aromatic carbocycles. The summed E-state index contributed by atoms with van der Waals surface area (Å²) in [5.74, 6) is -1.06. The van der Waals surface area contributed by atoms with Gasteiger partial charge in [0.05, 0.1) is 19.1 Å². The molecule has 0 heterocycles. The van der Waals surface area contributed by atoms with Crippen LogP contribution in [0.1, 0.15) is 27.7 Å². The molecule has 1 unspecified atom stereocenters. The zero-order valence-electron chi connectivity index (χ0n) is 11.6. The van der Waals surface area contributed by atoms with Gasteiger partial charge in [-0.3, -0.25) is 4.79 Å². The van der Waals surface area contributed by atoms with Gasteiger partial charge < -0.3 is 14.8 Å². The van der Waals surface area contributed by atoms with Crippen molar-refractivity contribution in [1.82, 2.24) is 5.32 Å². The van der Waals surface area contributed by atoms with Crippen LogP contribution in [0.2, 0.25) is 0 Å². The number of esters is 2. The quantitative estimate of drug-likeness (QED) is 0.425. The Labute approximate surface area is 112 Å². The van der Waals surface area contributed by atoms with Gasteiger partial charge in [-0.15, -0.1) is 6.42 Å². The van der Waals surface area contributed by atoms with Gasteiger partial charge in [0.25, 0.3) is 0 Å². The minimum absolute atomic E-state index is 0.0524. The highest BCUT2D eigenvalue weighted by atomic mass is 16.6. The zero-order valence-corrected chi connectivity index (χ0v) is 11.6. The Balaban J connectivity index is 5.71. The van der Waals surface area contributed by atoms with Crippen LogP contribution in [0.25, 0.3) is 0 Å². The normalized spacial score (nSPS) is 11.9. The van der Waals surface area contributed by atoms with Gasteiger partial charge in [0.15, 0.2) is 0 Å². The number of nitrogens with one attached hydrogen (secondary N) is 1. The average Bonchev–Trinajstić information content (AvgIpc) is 2.35. The summed E-state index contributed by atoms with van der Waals surface area (Å²) in [6.45, 7) is 5.91. The minimum atomic E-state index is -2.01. The molecule has 6 nitrogen and oxygen atoms in total. The van der Waals surface area contributed by atoms with Crippen LogP contribution >= 0.6 is 0 Å². The second-order valence-electron chi connectivity index (χ2n) is 3.82. The van der Waals surface area contributed by atoms with Crippen LogP contribution in [0.4, 0.5) is 0 Å². The fourth-order valence-electron chi connectivity index (χ4n) is 1.54. The Hall–Kier alpha value is -2.03. The van der Waals surface area contributed by atoms with Crippen molar-refractivity contribution in [2.75, 3.05) is 13.2 Å². The molecule has 106 valence electrons. The summed E-state index contributed by atoms with van der Waals surface area (Å²) in [7, 11) is 0. The predicted molar refractivity (Wildman–Crippen MR) is 67.8 cm³/mol. The molecule has 0 bridgehead atoms. The van der Waals surface area contributed by atoms with Crippen molar-refractivity contribution in [3.05, 3.63) is 0 Å². The third-order valence-electron chi connectivity index (χ3n) is 2.47. The van der Waals surface area contributed by atoms with Crippen molar-refractivity contribution < 1.29 is 23.9 Å². The van der Waals surface area contributed by atoms with Crippen molar-refractivity contribution in [3.8, 4) is 12.3 Å². The smallest absolute Gasteiger partial charge is 0.345 e. The van der Waals surface area contributed by atoms with Gasteiger partial charge >= 0.3 is 11.9 Å². The third-order valence-corrected chi connectivity index (χ3v) is 2.47. The maximum absolute atomic E-state index is 12.1. The summed E-state index contributed by atoms with van der Waals surface area (Å²) in [6, 6.07) is 0. The lowest BCUT2D eigenvalue weighted by Crippen LogP contribution is -2.64. The van der Waals surface area contributed by atoms with Crippen molar-refractivity contribution in [2.24, 2.45) is 5.92 Å². The standard InChI is InChI=1S/C13H19NO5/c1-6-9(4)13(14-10(5)15,11(16)18-7-2)12(17)19-8-3/h1,9H,7-8H2,2-5H3,(H,14,15). The molecule has 0 aliphatic carbocycles. The topological polar surface area (TPSA) is 81.7 Å². The first-order valence-corrected chi connectivity index (χ1v) is 5.96. The Morgan fingerprint density at radius 1 is 1.21 bits per heavy atom. The van der Waals surface area contributed by atoms with E-state index in [9.17, 15) is 14.4 Å². The molecule has 1 amide bonds. The van der Waals surface area contributed by atoms with Crippen LogP contribution in [-0.4, -0.2) is 36.6 Å². The molecule has 6 heteroatoms. The fraction of sp³-hybridized carbons (Fsp3) is 0.615. The largest absolute Gasteiger partial charge is 0.464 e. The molecule has 1 N–H and O–H groups in total. The maximum Gasteiger partial charge on any atom is 0.345 e. The summed E-state index contributed by atoms with van der Waals surface area (Å²) in [5, 5.41) is 2.28. The molecular weight excluding hydrogens is 250 g/mol. The van der Waals surface area contributed by atoms with Crippen LogP contribution in [0.5, 0.6) is 0 Å². The molecule has 19 heavy (non-hydrogen) atoms. The van der Waals surface area contributed by atoms with Crippen LogP contribution in [-0.2, 0) is 23.9 Å². The van der Waals surface area contributed by atoms with E-state index in [-0.39, 0.29) is 13.2 Å². The van der Waals surface area contributed by atoms with E-state index in [1.54, 1.807) is 13.8 Å². The average molecular weight is 269 g/mol. The van der Waals surface area contributed by atoms with Crippen LogP contribution in [0, 0.1) is 18.3 Å². The lowest BCUT2D eigenvalue weighted by Gasteiger charge is -2.32. The molecule has 0 rings (SSSR count). The van der Waals surface area contributed by atoms with Gasteiger partial charge in [0.2, 0.25) is 11.4 Å². The zero-order chi connectivity index (χ0) is 15.1. The number of hydrogen-bond donors (Lipinski definition) is 1. The molecular formula is C13H19NO5. The van der Waals surface area contributed by atoms with E-state index >= 15 is 0 Å². The molecule has 0 aliphatic rings. The van der Waals surface area contributed by atoms with E-state index in [1.807, 2.05) is 0 Å². The van der Waals surface area contributed by atoms with Crippen LogP contribution < -0.4 is 5.32 Å². The lowest BCUT2D eigenvalue weighted by molar-refractivity contribution is -0.170. The van der Waals surface area contributed by atoms with Gasteiger partial charge in [-0.2, -0.15) is 0 Å². The van der Waals surface area contributed by atoms with Gasteiger partial charge in [-0.1, -0.05) is 5.92 Å². The van der Waals surface area contributed by atoms with E-state index in [0.29, 0.717) is 0 Å². The summed E-state index contributed by atoms with van der Waals surface area (Å²) in [6.07, 6.45) is 5.28. The Bertz CT molecular complexity index is 378. The Kier molecular flexibility index (Phi) is 6.62. The lowest BCUT2D eigenvalue weighted by atomic mass is 9.85. The number of terminal acetylenes is 1. The van der Waals surface area contributed by atoms with E-state index in [2.05, 4.69) is 11.2 Å². The molecule has 0 fully saturated rings. The van der Waals surface area contributed by atoms with Crippen molar-refractivity contribution in [1.29, 1.82) is 0 Å². The molecule has 0 aromatic rings. The summed E-state index contributed by atoms with van der Waals surface area (Å²) < 4.78 is 9.70. The molecule has 0 aromatic heterocycles. The second kappa shape index (κ2) is 7.41. The third kappa shape index (κ3) is 3.71. The van der Waals surface area contributed by atoms with Crippen LogP contribution in [0.3, 0.4) is 0 Å². The van der Waals surface area contributed by atoms with E-state index in [4.69, 9.17) is 15.9 Å². The van der Waals surface area contributed by atoms with Crippen LogP contribution in [0.15, 0.2) is 0 Å². The first-order valence-electron chi connectivity index (χ1n) is 5.96. The first-order chi connectivity index (χ1) is 8.86.